The number of H-pyrrole nitrogens is 1. The average Bonchev–Trinajstić information content (AvgIpc) is 2.87. The number of amides is 1. The van der Waals surface area contributed by atoms with E-state index in [2.05, 4.69) is 10.3 Å². The molecule has 5 heteroatoms. The smallest absolute Gasteiger partial charge is 0.354 e. The Morgan fingerprint density at radius 2 is 1.62 bits per heavy atom. The second-order valence-electron chi connectivity index (χ2n) is 4.55. The Balaban J connectivity index is 2.05. The van der Waals surface area contributed by atoms with E-state index in [1.807, 2.05) is 6.07 Å². The van der Waals surface area contributed by atoms with Crippen LogP contribution in [0.15, 0.2) is 54.6 Å². The van der Waals surface area contributed by atoms with E-state index >= 15 is 0 Å². The molecule has 3 N–H and O–H groups in total. The summed E-state index contributed by atoms with van der Waals surface area (Å²) in [4.78, 5) is 26.3. The highest BCUT2D eigenvalue weighted by Crippen LogP contribution is 2.28. The molecule has 5 nitrogen and oxygen atoms in total. The van der Waals surface area contributed by atoms with Crippen LogP contribution in [0.25, 0.3) is 10.9 Å². The fourth-order valence-corrected chi connectivity index (χ4v) is 2.21. The molecule has 0 atom stereocenters. The predicted octanol–water partition coefficient (Wildman–Crippen LogP) is 3.12. The Kier molecular flexibility index (Phi) is 3.16. The molecule has 0 saturated carbocycles. The fourth-order valence-electron chi connectivity index (χ4n) is 2.21. The maximum atomic E-state index is 12.2. The molecule has 0 bridgehead atoms. The molecule has 104 valence electrons. The van der Waals surface area contributed by atoms with Gasteiger partial charge in [0.05, 0.1) is 5.69 Å². The summed E-state index contributed by atoms with van der Waals surface area (Å²) in [5, 5.41) is 12.6. The van der Waals surface area contributed by atoms with E-state index in [4.69, 9.17) is 0 Å². The summed E-state index contributed by atoms with van der Waals surface area (Å²) in [6.07, 6.45) is 0. The minimum Gasteiger partial charge on any atom is -0.477 e. The summed E-state index contributed by atoms with van der Waals surface area (Å²) in [5.74, 6) is -1.46. The van der Waals surface area contributed by atoms with Crippen LogP contribution in [0.2, 0.25) is 0 Å². The second kappa shape index (κ2) is 5.13. The third kappa shape index (κ3) is 2.36. The lowest BCUT2D eigenvalue weighted by atomic mass is 10.2. The molecule has 0 saturated heterocycles. The monoisotopic (exact) mass is 280 g/mol. The Morgan fingerprint density at radius 3 is 2.33 bits per heavy atom. The van der Waals surface area contributed by atoms with Crippen LogP contribution >= 0.6 is 0 Å². The van der Waals surface area contributed by atoms with Gasteiger partial charge in [-0.3, -0.25) is 4.79 Å². The first kappa shape index (κ1) is 12.9. The molecule has 0 aliphatic carbocycles. The van der Waals surface area contributed by atoms with Gasteiger partial charge in [0.15, 0.2) is 0 Å². The summed E-state index contributed by atoms with van der Waals surface area (Å²) in [6.45, 7) is 0. The van der Waals surface area contributed by atoms with Gasteiger partial charge in [-0.1, -0.05) is 36.4 Å². The molecular formula is C16H12N2O3. The molecule has 21 heavy (non-hydrogen) atoms. The van der Waals surface area contributed by atoms with Crippen LogP contribution in [-0.2, 0) is 0 Å². The quantitative estimate of drug-likeness (QED) is 0.689. The normalized spacial score (nSPS) is 10.5. The van der Waals surface area contributed by atoms with E-state index in [0.717, 1.165) is 0 Å². The number of benzene rings is 2. The number of hydrogen-bond acceptors (Lipinski definition) is 2. The number of carbonyl (C=O) groups is 2. The standard InChI is InChI=1S/C16H12N2O3/c19-15(10-6-2-1-3-7-10)18-13-11-8-4-5-9-12(11)17-14(13)16(20)21/h1-9,17H,(H,18,19)(H,20,21). The van der Waals surface area contributed by atoms with Crippen molar-refractivity contribution < 1.29 is 14.7 Å². The Morgan fingerprint density at radius 1 is 0.952 bits per heavy atom. The molecular weight excluding hydrogens is 268 g/mol. The molecule has 0 aliphatic rings. The molecule has 1 amide bonds. The van der Waals surface area contributed by atoms with Crippen LogP contribution in [0, 0.1) is 0 Å². The van der Waals surface area contributed by atoms with Crippen LogP contribution < -0.4 is 5.32 Å². The van der Waals surface area contributed by atoms with Crippen LogP contribution in [0.5, 0.6) is 0 Å². The SMILES string of the molecule is O=C(Nc1c(C(=O)O)[nH]c2ccccc12)c1ccccc1. The van der Waals surface area contributed by atoms with Gasteiger partial charge in [0.25, 0.3) is 5.91 Å². The number of hydrogen-bond donors (Lipinski definition) is 3. The lowest BCUT2D eigenvalue weighted by Crippen LogP contribution is -2.14. The van der Waals surface area contributed by atoms with Crippen molar-refractivity contribution >= 4 is 28.5 Å². The number of para-hydroxylation sites is 1. The van der Waals surface area contributed by atoms with E-state index in [1.165, 1.54) is 0 Å². The minimum atomic E-state index is -1.12. The first-order valence-electron chi connectivity index (χ1n) is 6.37. The number of aromatic amines is 1. The van der Waals surface area contributed by atoms with Crippen molar-refractivity contribution in [3.8, 4) is 0 Å². The van der Waals surface area contributed by atoms with Crippen molar-refractivity contribution in [3.05, 3.63) is 65.9 Å². The average molecular weight is 280 g/mol. The summed E-state index contributed by atoms with van der Waals surface area (Å²) < 4.78 is 0. The second-order valence-corrected chi connectivity index (χ2v) is 4.55. The Bertz CT molecular complexity index is 822. The van der Waals surface area contributed by atoms with Gasteiger partial charge < -0.3 is 15.4 Å². The first-order valence-corrected chi connectivity index (χ1v) is 6.37. The summed E-state index contributed by atoms with van der Waals surface area (Å²) in [6, 6.07) is 15.8. The van der Waals surface area contributed by atoms with Crippen molar-refractivity contribution in [1.82, 2.24) is 4.98 Å². The van der Waals surface area contributed by atoms with Crippen molar-refractivity contribution in [2.24, 2.45) is 0 Å². The zero-order valence-corrected chi connectivity index (χ0v) is 11.0. The van der Waals surface area contributed by atoms with E-state index in [1.54, 1.807) is 48.5 Å². The number of aromatic nitrogens is 1. The van der Waals surface area contributed by atoms with Gasteiger partial charge in [0.1, 0.15) is 5.69 Å². The van der Waals surface area contributed by atoms with Gasteiger partial charge in [0, 0.05) is 16.5 Å². The fraction of sp³-hybridized carbons (Fsp3) is 0. The van der Waals surface area contributed by atoms with Crippen LogP contribution in [-0.4, -0.2) is 22.0 Å². The van der Waals surface area contributed by atoms with Gasteiger partial charge in [-0.2, -0.15) is 0 Å². The number of fused-ring (bicyclic) bond motifs is 1. The molecule has 0 spiro atoms. The van der Waals surface area contributed by atoms with Gasteiger partial charge >= 0.3 is 5.97 Å². The minimum absolute atomic E-state index is 0.0273. The topological polar surface area (TPSA) is 82.2 Å². The maximum Gasteiger partial charge on any atom is 0.354 e. The van der Waals surface area contributed by atoms with Crippen LogP contribution in [0.4, 0.5) is 5.69 Å². The van der Waals surface area contributed by atoms with Crippen molar-refractivity contribution in [2.75, 3.05) is 5.32 Å². The lowest BCUT2D eigenvalue weighted by Gasteiger charge is -2.05. The maximum absolute atomic E-state index is 12.2. The van der Waals surface area contributed by atoms with Crippen molar-refractivity contribution in [3.63, 3.8) is 0 Å². The number of aromatic carboxylic acids is 1. The predicted molar refractivity (Wildman–Crippen MR) is 79.7 cm³/mol. The van der Waals surface area contributed by atoms with Gasteiger partial charge in [-0.05, 0) is 18.2 Å². The molecule has 0 aliphatic heterocycles. The lowest BCUT2D eigenvalue weighted by molar-refractivity contribution is 0.0692. The molecule has 3 aromatic rings. The number of carboxylic acids is 1. The molecule has 0 radical (unpaired) electrons. The largest absolute Gasteiger partial charge is 0.477 e. The molecule has 0 unspecified atom stereocenters. The molecule has 1 aromatic heterocycles. The third-order valence-corrected chi connectivity index (χ3v) is 3.19. The number of rotatable bonds is 3. The van der Waals surface area contributed by atoms with Crippen LogP contribution in [0.3, 0.4) is 0 Å². The van der Waals surface area contributed by atoms with Gasteiger partial charge in [0.2, 0.25) is 0 Å². The molecule has 3 rings (SSSR count). The number of carboxylic acid groups (broad SMARTS) is 1. The van der Waals surface area contributed by atoms with Crippen molar-refractivity contribution in [2.45, 2.75) is 0 Å². The molecule has 0 fully saturated rings. The summed E-state index contributed by atoms with van der Waals surface area (Å²) >= 11 is 0. The van der Waals surface area contributed by atoms with E-state index in [9.17, 15) is 14.7 Å². The van der Waals surface area contributed by atoms with Crippen molar-refractivity contribution in [1.29, 1.82) is 0 Å². The van der Waals surface area contributed by atoms with Gasteiger partial charge in [-0.25, -0.2) is 4.79 Å². The number of anilines is 1. The highest BCUT2D eigenvalue weighted by atomic mass is 16.4. The zero-order valence-electron chi connectivity index (χ0n) is 11.0. The highest BCUT2D eigenvalue weighted by molar-refractivity contribution is 6.14. The summed E-state index contributed by atoms with van der Waals surface area (Å²) in [5.41, 5.74) is 1.39. The Labute approximate surface area is 120 Å². The number of carbonyl (C=O) groups excluding carboxylic acids is 1. The third-order valence-electron chi connectivity index (χ3n) is 3.19. The van der Waals surface area contributed by atoms with E-state index < -0.39 is 5.97 Å². The molecule has 2 aromatic carbocycles. The zero-order chi connectivity index (χ0) is 14.8. The Hall–Kier alpha value is -3.08. The molecule has 1 heterocycles. The van der Waals surface area contributed by atoms with Gasteiger partial charge in [-0.15, -0.1) is 0 Å². The first-order chi connectivity index (χ1) is 10.2. The highest BCUT2D eigenvalue weighted by Gasteiger charge is 2.19. The van der Waals surface area contributed by atoms with E-state index in [-0.39, 0.29) is 17.3 Å². The summed E-state index contributed by atoms with van der Waals surface area (Å²) in [7, 11) is 0. The number of nitrogens with one attached hydrogen (secondary N) is 2. The van der Waals surface area contributed by atoms with E-state index in [0.29, 0.717) is 16.5 Å². The van der Waals surface area contributed by atoms with Crippen LogP contribution in [0.1, 0.15) is 20.8 Å².